The van der Waals surface area contributed by atoms with Crippen molar-refractivity contribution in [2.24, 2.45) is 0 Å². The molecule has 1 aromatic carbocycles. The molecule has 3 rings (SSSR count). The molecule has 3 unspecified atom stereocenters. The fourth-order valence-corrected chi connectivity index (χ4v) is 2.48. The molecule has 3 heteroatoms. The van der Waals surface area contributed by atoms with Gasteiger partial charge in [-0.1, -0.05) is 25.1 Å². The zero-order valence-electron chi connectivity index (χ0n) is 9.48. The Balaban J connectivity index is 1.86. The number of morpholine rings is 1. The van der Waals surface area contributed by atoms with Crippen LogP contribution in [0.1, 0.15) is 25.0 Å². The van der Waals surface area contributed by atoms with Gasteiger partial charge < -0.3 is 14.8 Å². The van der Waals surface area contributed by atoms with Gasteiger partial charge in [0.15, 0.2) is 0 Å². The Morgan fingerprint density at radius 1 is 1.31 bits per heavy atom. The van der Waals surface area contributed by atoms with Crippen LogP contribution in [0.15, 0.2) is 24.3 Å². The van der Waals surface area contributed by atoms with Gasteiger partial charge in [0.2, 0.25) is 0 Å². The zero-order valence-corrected chi connectivity index (χ0v) is 9.48. The summed E-state index contributed by atoms with van der Waals surface area (Å²) < 4.78 is 11.7. The molecule has 3 atom stereocenters. The molecule has 16 heavy (non-hydrogen) atoms. The van der Waals surface area contributed by atoms with Gasteiger partial charge in [0.25, 0.3) is 0 Å². The molecule has 2 aliphatic rings. The fourth-order valence-electron chi connectivity index (χ4n) is 2.48. The van der Waals surface area contributed by atoms with E-state index in [2.05, 4.69) is 18.3 Å². The third kappa shape index (κ3) is 1.60. The number of para-hydroxylation sites is 1. The van der Waals surface area contributed by atoms with Crippen LogP contribution in [-0.2, 0) is 4.74 Å². The molecule has 2 heterocycles. The molecule has 0 bridgehead atoms. The molecule has 2 aliphatic heterocycles. The van der Waals surface area contributed by atoms with Crippen molar-refractivity contribution in [3.8, 4) is 5.75 Å². The first-order valence-corrected chi connectivity index (χ1v) is 5.98. The summed E-state index contributed by atoms with van der Waals surface area (Å²) in [7, 11) is 0. The lowest BCUT2D eigenvalue weighted by molar-refractivity contribution is -0.0525. The van der Waals surface area contributed by atoms with Crippen LogP contribution in [0.3, 0.4) is 0 Å². The van der Waals surface area contributed by atoms with E-state index in [4.69, 9.17) is 9.47 Å². The van der Waals surface area contributed by atoms with E-state index in [0.717, 1.165) is 18.8 Å². The lowest BCUT2D eigenvalue weighted by Crippen LogP contribution is -2.54. The highest BCUT2D eigenvalue weighted by atomic mass is 16.5. The van der Waals surface area contributed by atoms with Crippen LogP contribution in [0.25, 0.3) is 0 Å². The van der Waals surface area contributed by atoms with E-state index < -0.39 is 0 Å². The van der Waals surface area contributed by atoms with Gasteiger partial charge in [-0.25, -0.2) is 0 Å². The second kappa shape index (κ2) is 4.07. The quantitative estimate of drug-likeness (QED) is 0.782. The van der Waals surface area contributed by atoms with Crippen molar-refractivity contribution < 1.29 is 9.47 Å². The molecule has 0 spiro atoms. The summed E-state index contributed by atoms with van der Waals surface area (Å²) in [6.07, 6.45) is 1.26. The molecular formula is C13H17NO2. The first-order valence-electron chi connectivity index (χ1n) is 5.98. The van der Waals surface area contributed by atoms with Gasteiger partial charge >= 0.3 is 0 Å². The standard InChI is InChI=1S/C13H17NO2/c1-2-9-7-16-13-10-5-3-4-6-12(10)15-8-11(13)14-9/h3-6,9,11,13-14H,2,7-8H2,1H3. The van der Waals surface area contributed by atoms with E-state index >= 15 is 0 Å². The molecule has 1 fully saturated rings. The van der Waals surface area contributed by atoms with E-state index in [0.29, 0.717) is 18.7 Å². The van der Waals surface area contributed by atoms with Crippen LogP contribution >= 0.6 is 0 Å². The topological polar surface area (TPSA) is 30.5 Å². The van der Waals surface area contributed by atoms with E-state index in [1.54, 1.807) is 0 Å². The molecule has 0 amide bonds. The summed E-state index contributed by atoms with van der Waals surface area (Å²) in [4.78, 5) is 0. The van der Waals surface area contributed by atoms with Crippen molar-refractivity contribution in [3.05, 3.63) is 29.8 Å². The molecule has 1 saturated heterocycles. The average molecular weight is 219 g/mol. The Labute approximate surface area is 95.8 Å². The first kappa shape index (κ1) is 10.1. The lowest BCUT2D eigenvalue weighted by Gasteiger charge is -2.40. The lowest BCUT2D eigenvalue weighted by atomic mass is 9.96. The molecule has 0 radical (unpaired) electrons. The SMILES string of the molecule is CCC1COC2c3ccccc3OCC2N1. The molecule has 1 N–H and O–H groups in total. The minimum Gasteiger partial charge on any atom is -0.491 e. The van der Waals surface area contributed by atoms with Crippen molar-refractivity contribution in [2.45, 2.75) is 31.5 Å². The van der Waals surface area contributed by atoms with Crippen LogP contribution < -0.4 is 10.1 Å². The first-order chi connectivity index (χ1) is 7.88. The molecule has 3 nitrogen and oxygen atoms in total. The van der Waals surface area contributed by atoms with Crippen molar-refractivity contribution in [1.82, 2.24) is 5.32 Å². The number of hydrogen-bond acceptors (Lipinski definition) is 3. The number of nitrogens with one attached hydrogen (secondary N) is 1. The Bertz CT molecular complexity index is 380. The highest BCUT2D eigenvalue weighted by Gasteiger charge is 2.36. The van der Waals surface area contributed by atoms with Crippen LogP contribution in [0.4, 0.5) is 0 Å². The summed E-state index contributed by atoms with van der Waals surface area (Å²) in [5, 5.41) is 3.60. The maximum Gasteiger partial charge on any atom is 0.125 e. The summed E-state index contributed by atoms with van der Waals surface area (Å²) in [5.41, 5.74) is 1.18. The molecule has 0 saturated carbocycles. The van der Waals surface area contributed by atoms with Crippen LogP contribution in [0, 0.1) is 0 Å². The minimum atomic E-state index is 0.160. The van der Waals surface area contributed by atoms with E-state index in [1.807, 2.05) is 18.2 Å². The van der Waals surface area contributed by atoms with Crippen LogP contribution in [0.2, 0.25) is 0 Å². The molecule has 1 aromatic rings. The fraction of sp³-hybridized carbons (Fsp3) is 0.538. The Kier molecular flexibility index (Phi) is 2.58. The number of ether oxygens (including phenoxy) is 2. The monoisotopic (exact) mass is 219 g/mol. The van der Waals surface area contributed by atoms with Crippen molar-refractivity contribution in [2.75, 3.05) is 13.2 Å². The van der Waals surface area contributed by atoms with Crippen molar-refractivity contribution in [1.29, 1.82) is 0 Å². The molecule has 86 valence electrons. The second-order valence-electron chi connectivity index (χ2n) is 4.48. The summed E-state index contributed by atoms with van der Waals surface area (Å²) in [5.74, 6) is 0.973. The molecular weight excluding hydrogens is 202 g/mol. The van der Waals surface area contributed by atoms with Gasteiger partial charge in [-0.15, -0.1) is 0 Å². The van der Waals surface area contributed by atoms with Gasteiger partial charge in [-0.3, -0.25) is 0 Å². The molecule has 0 aromatic heterocycles. The normalized spacial score (nSPS) is 32.4. The van der Waals surface area contributed by atoms with Crippen molar-refractivity contribution >= 4 is 0 Å². The minimum absolute atomic E-state index is 0.160. The Morgan fingerprint density at radius 3 is 3.06 bits per heavy atom. The zero-order chi connectivity index (χ0) is 11.0. The van der Waals surface area contributed by atoms with E-state index in [9.17, 15) is 0 Å². The number of rotatable bonds is 1. The van der Waals surface area contributed by atoms with Crippen LogP contribution in [-0.4, -0.2) is 25.3 Å². The number of hydrogen-bond donors (Lipinski definition) is 1. The van der Waals surface area contributed by atoms with E-state index in [1.165, 1.54) is 5.56 Å². The number of benzene rings is 1. The van der Waals surface area contributed by atoms with Crippen molar-refractivity contribution in [3.63, 3.8) is 0 Å². The number of fused-ring (bicyclic) bond motifs is 3. The Hall–Kier alpha value is -1.06. The average Bonchev–Trinajstić information content (AvgIpc) is 2.38. The summed E-state index contributed by atoms with van der Waals surface area (Å²) >= 11 is 0. The third-order valence-corrected chi connectivity index (χ3v) is 3.43. The third-order valence-electron chi connectivity index (χ3n) is 3.43. The van der Waals surface area contributed by atoms with Gasteiger partial charge in [0, 0.05) is 11.6 Å². The predicted octanol–water partition coefficient (Wildman–Crippen LogP) is 1.89. The maximum atomic E-state index is 5.97. The van der Waals surface area contributed by atoms with Gasteiger partial charge in [0.1, 0.15) is 18.5 Å². The van der Waals surface area contributed by atoms with Gasteiger partial charge in [-0.2, -0.15) is 0 Å². The highest BCUT2D eigenvalue weighted by Crippen LogP contribution is 2.36. The Morgan fingerprint density at radius 2 is 2.19 bits per heavy atom. The van der Waals surface area contributed by atoms with E-state index in [-0.39, 0.29) is 6.10 Å². The maximum absolute atomic E-state index is 5.97. The highest BCUT2D eigenvalue weighted by molar-refractivity contribution is 5.38. The molecule has 0 aliphatic carbocycles. The summed E-state index contributed by atoms with van der Waals surface area (Å²) in [6.45, 7) is 3.68. The van der Waals surface area contributed by atoms with Gasteiger partial charge in [-0.05, 0) is 12.5 Å². The predicted molar refractivity (Wildman–Crippen MR) is 61.6 cm³/mol. The van der Waals surface area contributed by atoms with Gasteiger partial charge in [0.05, 0.1) is 12.6 Å². The largest absolute Gasteiger partial charge is 0.491 e. The second-order valence-corrected chi connectivity index (χ2v) is 4.48. The smallest absolute Gasteiger partial charge is 0.125 e. The summed E-state index contributed by atoms with van der Waals surface area (Å²) in [6, 6.07) is 8.93. The van der Waals surface area contributed by atoms with Crippen LogP contribution in [0.5, 0.6) is 5.75 Å².